The van der Waals surface area contributed by atoms with Crippen molar-refractivity contribution in [1.29, 1.82) is 0 Å². The second-order valence-corrected chi connectivity index (χ2v) is 3.48. The van der Waals surface area contributed by atoms with Gasteiger partial charge in [-0.25, -0.2) is 0 Å². The van der Waals surface area contributed by atoms with Crippen LogP contribution >= 0.6 is 0 Å². The third-order valence-electron chi connectivity index (χ3n) is 2.24. The number of nitrogen functional groups attached to an aromatic ring is 1. The number of non-ortho nitro benzene ring substituents is 1. The summed E-state index contributed by atoms with van der Waals surface area (Å²) in [6.45, 7) is 0. The minimum absolute atomic E-state index is 0.269. The molecule has 1 heterocycles. The quantitative estimate of drug-likeness (QED) is 0.626. The van der Waals surface area contributed by atoms with Crippen molar-refractivity contribution in [2.75, 3.05) is 5.73 Å². The van der Waals surface area contributed by atoms with Gasteiger partial charge in [0.2, 0.25) is 5.58 Å². The van der Waals surface area contributed by atoms with E-state index in [4.69, 9.17) is 5.73 Å². The van der Waals surface area contributed by atoms with Gasteiger partial charge in [0.1, 0.15) is 0 Å². The molecule has 2 aromatic rings. The van der Waals surface area contributed by atoms with E-state index in [0.717, 1.165) is 0 Å². The first kappa shape index (κ1) is 12.8. The van der Waals surface area contributed by atoms with E-state index in [0.29, 0.717) is 6.07 Å². The smallest absolute Gasteiger partial charge is 0.416 e. The molecule has 0 aliphatic rings. The molecule has 1 aromatic heterocycles. The number of alkyl halides is 3. The normalized spacial score (nSPS) is 11.7. The average Bonchev–Trinajstić information content (AvgIpc) is 2.25. The molecular formula is C9H4F3N3O4. The van der Waals surface area contributed by atoms with E-state index >= 15 is 0 Å². The molecule has 0 unspecified atom stereocenters. The minimum Gasteiger partial charge on any atom is -0.418 e. The molecule has 0 bridgehead atoms. The van der Waals surface area contributed by atoms with Crippen LogP contribution in [-0.4, -0.2) is 9.91 Å². The van der Waals surface area contributed by atoms with Gasteiger partial charge in [-0.1, -0.05) is 0 Å². The summed E-state index contributed by atoms with van der Waals surface area (Å²) in [6.07, 6.45) is -4.84. The summed E-state index contributed by atoms with van der Waals surface area (Å²) >= 11 is 0. The van der Waals surface area contributed by atoms with Gasteiger partial charge in [-0.3, -0.25) is 14.9 Å². The van der Waals surface area contributed by atoms with Crippen LogP contribution in [0.5, 0.6) is 0 Å². The summed E-state index contributed by atoms with van der Waals surface area (Å²) in [5, 5.41) is 10.1. The van der Waals surface area contributed by atoms with Gasteiger partial charge in [-0.2, -0.15) is 18.2 Å². The lowest BCUT2D eigenvalue weighted by atomic mass is 10.1. The van der Waals surface area contributed by atoms with Crippen LogP contribution in [0, 0.1) is 10.1 Å². The van der Waals surface area contributed by atoms with Gasteiger partial charge in [-0.05, 0) is 6.07 Å². The second kappa shape index (κ2) is 3.93. The van der Waals surface area contributed by atoms with E-state index in [1.165, 1.54) is 0 Å². The summed E-state index contributed by atoms with van der Waals surface area (Å²) in [7, 11) is 0. The summed E-state index contributed by atoms with van der Waals surface area (Å²) in [5.41, 5.74) is 0.975. The van der Waals surface area contributed by atoms with Crippen LogP contribution in [-0.2, 0) is 6.18 Å². The topological polar surface area (TPSA) is 112 Å². The molecular weight excluding hydrogens is 271 g/mol. The predicted molar refractivity (Wildman–Crippen MR) is 56.3 cm³/mol. The van der Waals surface area contributed by atoms with Crippen LogP contribution < -0.4 is 11.3 Å². The lowest BCUT2D eigenvalue weighted by Crippen LogP contribution is -2.12. The van der Waals surface area contributed by atoms with E-state index in [1.807, 2.05) is 0 Å². The van der Waals surface area contributed by atoms with Crippen molar-refractivity contribution in [3.63, 3.8) is 0 Å². The SMILES string of the molecule is Nc1nc(=O)c2cc(C(F)(F)F)cc([N+](=O)[O-])c2o1. The number of nitro benzene ring substituents is 1. The van der Waals surface area contributed by atoms with Crippen molar-refractivity contribution in [3.05, 3.63) is 38.2 Å². The van der Waals surface area contributed by atoms with Gasteiger partial charge in [-0.15, -0.1) is 0 Å². The fourth-order valence-corrected chi connectivity index (χ4v) is 1.47. The van der Waals surface area contributed by atoms with Crippen molar-refractivity contribution < 1.29 is 22.5 Å². The molecule has 1 aromatic carbocycles. The van der Waals surface area contributed by atoms with Gasteiger partial charge in [0.25, 0.3) is 11.6 Å². The molecule has 0 radical (unpaired) electrons. The summed E-state index contributed by atoms with van der Waals surface area (Å²) in [4.78, 5) is 24.1. The van der Waals surface area contributed by atoms with Crippen molar-refractivity contribution in [2.24, 2.45) is 0 Å². The van der Waals surface area contributed by atoms with Crippen LogP contribution in [0.1, 0.15) is 5.56 Å². The Morgan fingerprint density at radius 2 is 2.00 bits per heavy atom. The van der Waals surface area contributed by atoms with Gasteiger partial charge in [0.05, 0.1) is 15.9 Å². The van der Waals surface area contributed by atoms with Crippen LogP contribution in [0.2, 0.25) is 0 Å². The van der Waals surface area contributed by atoms with Crippen molar-refractivity contribution in [3.8, 4) is 0 Å². The number of anilines is 1. The molecule has 0 aliphatic heterocycles. The van der Waals surface area contributed by atoms with Gasteiger partial charge in [0.15, 0.2) is 0 Å². The predicted octanol–water partition coefficient (Wildman–Crippen LogP) is 1.70. The van der Waals surface area contributed by atoms with Crippen molar-refractivity contribution >= 4 is 22.7 Å². The molecule has 0 spiro atoms. The van der Waals surface area contributed by atoms with Crippen LogP contribution in [0.4, 0.5) is 24.9 Å². The fourth-order valence-electron chi connectivity index (χ4n) is 1.47. The van der Waals surface area contributed by atoms with Crippen molar-refractivity contribution in [1.82, 2.24) is 4.98 Å². The molecule has 0 saturated heterocycles. The zero-order valence-corrected chi connectivity index (χ0v) is 8.89. The van der Waals surface area contributed by atoms with Gasteiger partial charge >= 0.3 is 11.9 Å². The number of fused-ring (bicyclic) bond motifs is 1. The van der Waals surface area contributed by atoms with Gasteiger partial charge in [0, 0.05) is 6.07 Å². The molecule has 2 N–H and O–H groups in total. The molecule has 19 heavy (non-hydrogen) atoms. The molecule has 0 aliphatic carbocycles. The lowest BCUT2D eigenvalue weighted by molar-refractivity contribution is -0.383. The highest BCUT2D eigenvalue weighted by Gasteiger charge is 2.34. The van der Waals surface area contributed by atoms with E-state index < -0.39 is 44.9 Å². The number of nitrogens with zero attached hydrogens (tertiary/aromatic N) is 2. The standard InChI is InChI=1S/C9H4F3N3O4/c10-9(11,12)3-1-4-6(5(2-3)15(17)18)19-8(13)14-7(4)16/h1-2H,(H2,13,14,16). The lowest BCUT2D eigenvalue weighted by Gasteiger charge is -2.07. The maximum Gasteiger partial charge on any atom is 0.416 e. The van der Waals surface area contributed by atoms with E-state index in [9.17, 15) is 28.1 Å². The Labute approximate surface area is 101 Å². The number of hydrogen-bond donors (Lipinski definition) is 1. The number of nitrogens with two attached hydrogens (primary N) is 1. The summed E-state index contributed by atoms with van der Waals surface area (Å²) in [5.74, 6) is 0. The van der Waals surface area contributed by atoms with E-state index in [2.05, 4.69) is 9.40 Å². The average molecular weight is 275 g/mol. The number of rotatable bonds is 1. The van der Waals surface area contributed by atoms with E-state index in [-0.39, 0.29) is 6.07 Å². The Morgan fingerprint density at radius 1 is 1.37 bits per heavy atom. The monoisotopic (exact) mass is 275 g/mol. The Hall–Kier alpha value is -2.65. The Kier molecular flexibility index (Phi) is 2.65. The summed E-state index contributed by atoms with van der Waals surface area (Å²) < 4.78 is 42.4. The largest absolute Gasteiger partial charge is 0.418 e. The third-order valence-corrected chi connectivity index (χ3v) is 2.24. The molecule has 7 nitrogen and oxygen atoms in total. The number of hydrogen-bond acceptors (Lipinski definition) is 6. The molecule has 0 fully saturated rings. The van der Waals surface area contributed by atoms with Gasteiger partial charge < -0.3 is 10.2 Å². The minimum atomic E-state index is -4.84. The summed E-state index contributed by atoms with van der Waals surface area (Å²) in [6, 6.07) is 0.0334. The first-order chi connectivity index (χ1) is 8.70. The number of benzene rings is 1. The van der Waals surface area contributed by atoms with E-state index in [1.54, 1.807) is 0 Å². The first-order valence-electron chi connectivity index (χ1n) is 4.66. The van der Waals surface area contributed by atoms with Crippen LogP contribution in [0.15, 0.2) is 21.3 Å². The Morgan fingerprint density at radius 3 is 2.53 bits per heavy atom. The van der Waals surface area contributed by atoms with Crippen molar-refractivity contribution in [2.45, 2.75) is 6.18 Å². The highest BCUT2D eigenvalue weighted by molar-refractivity contribution is 5.85. The maximum atomic E-state index is 12.6. The molecule has 0 amide bonds. The highest BCUT2D eigenvalue weighted by atomic mass is 19.4. The molecule has 100 valence electrons. The highest BCUT2D eigenvalue weighted by Crippen LogP contribution is 2.35. The first-order valence-corrected chi connectivity index (χ1v) is 4.66. The zero-order valence-electron chi connectivity index (χ0n) is 8.89. The molecule has 0 atom stereocenters. The second-order valence-electron chi connectivity index (χ2n) is 3.48. The number of aromatic nitrogens is 1. The Bertz CT molecular complexity index is 738. The maximum absolute atomic E-state index is 12.6. The fraction of sp³-hybridized carbons (Fsp3) is 0.111. The molecule has 10 heteroatoms. The number of halogens is 3. The Balaban J connectivity index is 2.96. The molecule has 2 rings (SSSR count). The molecule has 0 saturated carbocycles. The van der Waals surface area contributed by atoms with Crippen LogP contribution in [0.25, 0.3) is 11.0 Å². The zero-order chi connectivity index (χ0) is 14.4. The number of nitro groups is 1. The van der Waals surface area contributed by atoms with Crippen LogP contribution in [0.3, 0.4) is 0 Å². The third kappa shape index (κ3) is 2.19.